The fourth-order valence-corrected chi connectivity index (χ4v) is 3.45. The van der Waals surface area contributed by atoms with Gasteiger partial charge in [-0.25, -0.2) is 0 Å². The van der Waals surface area contributed by atoms with Gasteiger partial charge in [-0.3, -0.25) is 4.79 Å². The predicted molar refractivity (Wildman–Crippen MR) is 95.0 cm³/mol. The van der Waals surface area contributed by atoms with E-state index >= 15 is 0 Å². The van der Waals surface area contributed by atoms with Crippen LogP contribution in [0, 0.1) is 16.7 Å². The average molecular weight is 314 g/mol. The maximum atomic E-state index is 12.9. The van der Waals surface area contributed by atoms with Gasteiger partial charge < -0.3 is 9.64 Å². The second-order valence-corrected chi connectivity index (χ2v) is 7.56. The highest BCUT2D eigenvalue weighted by Gasteiger charge is 2.45. The first-order chi connectivity index (χ1) is 10.2. The van der Waals surface area contributed by atoms with Crippen LogP contribution in [0.25, 0.3) is 0 Å². The summed E-state index contributed by atoms with van der Waals surface area (Å²) in [5.41, 5.74) is -0.172. The molecule has 3 heteroatoms. The highest BCUT2D eigenvalue weighted by molar-refractivity contribution is 5.77. The molecule has 0 bridgehead atoms. The quantitative estimate of drug-likeness (QED) is 0.516. The van der Waals surface area contributed by atoms with Gasteiger partial charge in [0.15, 0.2) is 0 Å². The molecule has 0 rings (SSSR count). The van der Waals surface area contributed by atoms with Gasteiger partial charge in [-0.05, 0) is 38.8 Å². The molecule has 0 aliphatic carbocycles. The Morgan fingerprint density at radius 3 is 1.91 bits per heavy atom. The monoisotopic (exact) mass is 313 g/mol. The van der Waals surface area contributed by atoms with Crippen LogP contribution in [0.3, 0.4) is 0 Å². The van der Waals surface area contributed by atoms with Gasteiger partial charge in [0.25, 0.3) is 0 Å². The normalized spacial score (nSPS) is 15.2. The molecule has 0 spiro atoms. The molecule has 132 valence electrons. The Labute approximate surface area is 138 Å². The van der Waals surface area contributed by atoms with Crippen LogP contribution in [0.4, 0.5) is 0 Å². The molecule has 0 N–H and O–H groups in total. The summed E-state index contributed by atoms with van der Waals surface area (Å²) in [4.78, 5) is 14.9. The Hall–Kier alpha value is -0.570. The molecule has 0 aromatic heterocycles. The van der Waals surface area contributed by atoms with Gasteiger partial charge in [-0.2, -0.15) is 0 Å². The molecule has 0 fully saturated rings. The van der Waals surface area contributed by atoms with E-state index in [1.807, 2.05) is 19.0 Å². The Morgan fingerprint density at radius 1 is 1.05 bits per heavy atom. The third-order valence-electron chi connectivity index (χ3n) is 5.63. The van der Waals surface area contributed by atoms with Crippen molar-refractivity contribution in [2.75, 3.05) is 27.2 Å². The van der Waals surface area contributed by atoms with E-state index in [9.17, 15) is 4.79 Å². The van der Waals surface area contributed by atoms with Crippen molar-refractivity contribution in [3.05, 3.63) is 0 Å². The van der Waals surface area contributed by atoms with Gasteiger partial charge >= 0.3 is 5.97 Å². The molecule has 0 aliphatic heterocycles. The Balaban J connectivity index is 5.20. The maximum absolute atomic E-state index is 12.9. The van der Waals surface area contributed by atoms with Crippen LogP contribution in [0.15, 0.2) is 0 Å². The summed E-state index contributed by atoms with van der Waals surface area (Å²) in [5, 5.41) is 0. The van der Waals surface area contributed by atoms with E-state index in [4.69, 9.17) is 4.74 Å². The van der Waals surface area contributed by atoms with Gasteiger partial charge in [-0.15, -0.1) is 0 Å². The minimum absolute atomic E-state index is 0.00354. The van der Waals surface area contributed by atoms with E-state index in [1.54, 1.807) is 0 Å². The number of esters is 1. The number of carbonyl (C=O) groups excluding carboxylic acids is 1. The number of hydrogen-bond acceptors (Lipinski definition) is 3. The molecule has 0 radical (unpaired) electrons. The molecule has 0 saturated carbocycles. The third kappa shape index (κ3) is 5.91. The van der Waals surface area contributed by atoms with Crippen LogP contribution >= 0.6 is 0 Å². The molecule has 0 aromatic carbocycles. The molecule has 0 saturated heterocycles. The number of likely N-dealkylation sites (N-methyl/N-ethyl adjacent to an activating group) is 1. The average Bonchev–Trinajstić information content (AvgIpc) is 2.47. The summed E-state index contributed by atoms with van der Waals surface area (Å²) in [7, 11) is 4.00. The van der Waals surface area contributed by atoms with Gasteiger partial charge in [-0.1, -0.05) is 60.3 Å². The Kier molecular flexibility index (Phi) is 9.30. The summed E-state index contributed by atoms with van der Waals surface area (Å²) in [6.07, 6.45) is 5.17. The van der Waals surface area contributed by atoms with E-state index in [1.165, 1.54) is 0 Å². The van der Waals surface area contributed by atoms with Crippen molar-refractivity contribution in [3.8, 4) is 0 Å². The van der Waals surface area contributed by atoms with Crippen molar-refractivity contribution in [3.63, 3.8) is 0 Å². The minimum atomic E-state index is -0.378. The molecule has 3 nitrogen and oxygen atoms in total. The highest BCUT2D eigenvalue weighted by atomic mass is 16.5. The number of nitrogens with zero attached hydrogens (tertiary/aromatic N) is 1. The van der Waals surface area contributed by atoms with Crippen molar-refractivity contribution in [1.82, 2.24) is 4.90 Å². The first kappa shape index (κ1) is 21.4. The predicted octanol–water partition coefficient (Wildman–Crippen LogP) is 4.75. The first-order valence-electron chi connectivity index (χ1n) is 9.01. The molecule has 0 aliphatic rings. The Morgan fingerprint density at radius 2 is 1.55 bits per heavy atom. The van der Waals surface area contributed by atoms with E-state index in [-0.39, 0.29) is 16.8 Å². The summed E-state index contributed by atoms with van der Waals surface area (Å²) in [6.45, 7) is 14.5. The fraction of sp³-hybridized carbons (Fsp3) is 0.947. The number of ether oxygens (including phenoxy) is 1. The zero-order chi connectivity index (χ0) is 17.4. The first-order valence-corrected chi connectivity index (χ1v) is 9.01. The lowest BCUT2D eigenvalue weighted by molar-refractivity contribution is -0.162. The van der Waals surface area contributed by atoms with Crippen LogP contribution in [0.5, 0.6) is 0 Å². The second kappa shape index (κ2) is 9.54. The van der Waals surface area contributed by atoms with Crippen LogP contribution in [-0.4, -0.2) is 38.1 Å². The van der Waals surface area contributed by atoms with Gasteiger partial charge in [0.2, 0.25) is 0 Å². The molecule has 1 unspecified atom stereocenters. The van der Waals surface area contributed by atoms with Crippen molar-refractivity contribution in [1.29, 1.82) is 0 Å². The molecule has 0 amide bonds. The topological polar surface area (TPSA) is 29.5 Å². The minimum Gasteiger partial charge on any atom is -0.464 e. The lowest BCUT2D eigenvalue weighted by Crippen LogP contribution is -2.42. The van der Waals surface area contributed by atoms with Gasteiger partial charge in [0.05, 0.1) is 5.41 Å². The van der Waals surface area contributed by atoms with Crippen LogP contribution < -0.4 is 0 Å². The van der Waals surface area contributed by atoms with E-state index < -0.39 is 0 Å². The second-order valence-electron chi connectivity index (χ2n) is 7.56. The maximum Gasteiger partial charge on any atom is 0.312 e. The van der Waals surface area contributed by atoms with Crippen molar-refractivity contribution in [2.45, 2.75) is 73.6 Å². The number of rotatable bonds is 11. The molecule has 1 atom stereocenters. The van der Waals surface area contributed by atoms with Crippen LogP contribution in [0.1, 0.15) is 73.6 Å². The molecule has 22 heavy (non-hydrogen) atoms. The number of carbonyl (C=O) groups is 1. The molecular weight excluding hydrogens is 274 g/mol. The van der Waals surface area contributed by atoms with Crippen molar-refractivity contribution < 1.29 is 9.53 Å². The smallest absolute Gasteiger partial charge is 0.312 e. The zero-order valence-electron chi connectivity index (χ0n) is 16.3. The van der Waals surface area contributed by atoms with Crippen molar-refractivity contribution >= 4 is 5.97 Å². The van der Waals surface area contributed by atoms with E-state index in [0.29, 0.717) is 12.5 Å². The molecule has 0 heterocycles. The largest absolute Gasteiger partial charge is 0.464 e. The molecule has 0 aromatic rings. The fourth-order valence-electron chi connectivity index (χ4n) is 3.45. The SMILES string of the molecule is CCC(CC)C(C)(CC(C)(CC)CC)C(=O)OCCN(C)C. The highest BCUT2D eigenvalue weighted by Crippen LogP contribution is 2.46. The standard InChI is InChI=1S/C19H39NO2/c1-9-16(10-2)19(6,15-18(5,11-3)12-4)17(21)22-14-13-20(7)8/h16H,9-15H2,1-8H3. The van der Waals surface area contributed by atoms with Crippen LogP contribution in [0.2, 0.25) is 0 Å². The van der Waals surface area contributed by atoms with E-state index in [2.05, 4.69) is 41.5 Å². The summed E-state index contributed by atoms with van der Waals surface area (Å²) in [5.74, 6) is 0.382. The van der Waals surface area contributed by atoms with E-state index in [0.717, 1.165) is 38.6 Å². The number of hydrogen-bond donors (Lipinski definition) is 0. The lowest BCUT2D eigenvalue weighted by atomic mass is 9.63. The van der Waals surface area contributed by atoms with Crippen molar-refractivity contribution in [2.24, 2.45) is 16.7 Å². The molecular formula is C19H39NO2. The van der Waals surface area contributed by atoms with Crippen LogP contribution in [-0.2, 0) is 9.53 Å². The Bertz CT molecular complexity index is 319. The summed E-state index contributed by atoms with van der Waals surface area (Å²) >= 11 is 0. The van der Waals surface area contributed by atoms with Gasteiger partial charge in [0, 0.05) is 6.54 Å². The summed E-state index contributed by atoms with van der Waals surface area (Å²) in [6, 6.07) is 0. The summed E-state index contributed by atoms with van der Waals surface area (Å²) < 4.78 is 5.66. The zero-order valence-corrected chi connectivity index (χ0v) is 16.3. The lowest BCUT2D eigenvalue weighted by Gasteiger charge is -2.41. The van der Waals surface area contributed by atoms with Gasteiger partial charge in [0.1, 0.15) is 6.61 Å². The third-order valence-corrected chi connectivity index (χ3v) is 5.63.